The van der Waals surface area contributed by atoms with Crippen molar-refractivity contribution in [2.45, 2.75) is 17.7 Å². The second kappa shape index (κ2) is 6.70. The predicted octanol–water partition coefficient (Wildman–Crippen LogP) is 1.37. The van der Waals surface area contributed by atoms with Crippen molar-refractivity contribution in [3.63, 3.8) is 0 Å². The molecule has 0 unspecified atom stereocenters. The summed E-state index contributed by atoms with van der Waals surface area (Å²) in [5.41, 5.74) is 9.94. The van der Waals surface area contributed by atoms with Gasteiger partial charge in [-0.15, -0.1) is 0 Å². The second-order valence-electron chi connectivity index (χ2n) is 3.87. The minimum Gasteiger partial charge on any atom is -0.395 e. The van der Waals surface area contributed by atoms with E-state index < -0.39 is 32.3 Å². The molecule has 0 bridgehead atoms. The van der Waals surface area contributed by atoms with Crippen molar-refractivity contribution in [2.75, 3.05) is 12.3 Å². The van der Waals surface area contributed by atoms with Crippen LogP contribution in [0.3, 0.4) is 0 Å². The number of sulfonamides is 1. The summed E-state index contributed by atoms with van der Waals surface area (Å²) in [6.07, 6.45) is 0.226. The van der Waals surface area contributed by atoms with E-state index in [-0.39, 0.29) is 28.9 Å². The molecule has 10 heteroatoms. The van der Waals surface area contributed by atoms with Crippen LogP contribution >= 0.6 is 27.5 Å². The number of nitrogen functional groups attached to an aromatic ring is 1. The molecule has 0 aliphatic rings. The molecule has 0 spiro atoms. The van der Waals surface area contributed by atoms with Gasteiger partial charge in [0.05, 0.1) is 15.2 Å². The molecule has 5 N–H and O–H groups in total. The van der Waals surface area contributed by atoms with Crippen molar-refractivity contribution >= 4 is 49.1 Å². The van der Waals surface area contributed by atoms with E-state index in [1.165, 1.54) is 0 Å². The Bertz CT molecular complexity index is 639. The van der Waals surface area contributed by atoms with Crippen LogP contribution in [0.25, 0.3) is 0 Å². The van der Waals surface area contributed by atoms with Gasteiger partial charge in [0, 0.05) is 13.0 Å². The van der Waals surface area contributed by atoms with Crippen molar-refractivity contribution < 1.29 is 17.6 Å². The van der Waals surface area contributed by atoms with Crippen molar-refractivity contribution in [2.24, 2.45) is 5.73 Å². The van der Waals surface area contributed by atoms with Gasteiger partial charge in [0.2, 0.25) is 15.9 Å². The molecule has 112 valence electrons. The van der Waals surface area contributed by atoms with Crippen LogP contribution in [0, 0.1) is 5.82 Å². The number of anilines is 1. The van der Waals surface area contributed by atoms with Gasteiger partial charge in [-0.2, -0.15) is 0 Å². The average molecular weight is 389 g/mol. The van der Waals surface area contributed by atoms with Crippen LogP contribution in [-0.4, -0.2) is 20.9 Å². The molecule has 0 aliphatic heterocycles. The topological polar surface area (TPSA) is 115 Å². The molecule has 0 saturated heterocycles. The number of benzene rings is 1. The van der Waals surface area contributed by atoms with Gasteiger partial charge in [-0.05, 0) is 28.4 Å². The number of rotatable bonds is 6. The molecule has 6 nitrogen and oxygen atoms in total. The maximum atomic E-state index is 13.9. The Morgan fingerprint density at radius 3 is 2.65 bits per heavy atom. The highest BCUT2D eigenvalue weighted by Crippen LogP contribution is 2.34. The van der Waals surface area contributed by atoms with Gasteiger partial charge in [0.1, 0.15) is 4.90 Å². The molecular formula is C10H12BrClFN3O3S. The maximum absolute atomic E-state index is 13.9. The highest BCUT2D eigenvalue weighted by Gasteiger charge is 2.23. The highest BCUT2D eigenvalue weighted by molar-refractivity contribution is 9.10. The van der Waals surface area contributed by atoms with Gasteiger partial charge in [-0.3, -0.25) is 4.79 Å². The fraction of sp³-hybridized carbons (Fsp3) is 0.300. The van der Waals surface area contributed by atoms with E-state index in [4.69, 9.17) is 23.1 Å². The number of nitrogens with one attached hydrogen (secondary N) is 1. The summed E-state index contributed by atoms with van der Waals surface area (Å²) in [5, 5.41) is -0.0265. The van der Waals surface area contributed by atoms with Gasteiger partial charge in [0.25, 0.3) is 0 Å². The standard InChI is InChI=1S/C10H12BrClFN3O3S/c11-8-5(12)4-6(9(13)10(8)15)20(18,19)16-3-1-2-7(14)17/h4,16H,1-3,15H2,(H2,14,17). The van der Waals surface area contributed by atoms with Crippen LogP contribution < -0.4 is 16.2 Å². The molecule has 1 rings (SSSR count). The van der Waals surface area contributed by atoms with E-state index in [1.54, 1.807) is 0 Å². The minimum atomic E-state index is -4.11. The van der Waals surface area contributed by atoms with E-state index in [2.05, 4.69) is 20.7 Å². The summed E-state index contributed by atoms with van der Waals surface area (Å²) in [6, 6.07) is 0.952. The molecule has 20 heavy (non-hydrogen) atoms. The van der Waals surface area contributed by atoms with Gasteiger partial charge in [-0.1, -0.05) is 11.6 Å². The lowest BCUT2D eigenvalue weighted by atomic mass is 10.3. The Morgan fingerprint density at radius 2 is 2.10 bits per heavy atom. The zero-order valence-electron chi connectivity index (χ0n) is 10.1. The molecule has 0 saturated carbocycles. The number of carbonyl (C=O) groups excluding carboxylic acids is 1. The molecule has 0 radical (unpaired) electrons. The molecule has 0 aromatic heterocycles. The molecular weight excluding hydrogens is 377 g/mol. The number of nitrogens with two attached hydrogens (primary N) is 2. The second-order valence-corrected chi connectivity index (χ2v) is 6.80. The van der Waals surface area contributed by atoms with Crippen LogP contribution in [0.5, 0.6) is 0 Å². The molecule has 1 amide bonds. The van der Waals surface area contributed by atoms with Crippen LogP contribution in [0.15, 0.2) is 15.4 Å². The maximum Gasteiger partial charge on any atom is 0.243 e. The minimum absolute atomic E-state index is 0.0221. The summed E-state index contributed by atoms with van der Waals surface area (Å²) >= 11 is 8.70. The summed E-state index contributed by atoms with van der Waals surface area (Å²) < 4.78 is 39.9. The summed E-state index contributed by atoms with van der Waals surface area (Å²) in [7, 11) is -4.11. The summed E-state index contributed by atoms with van der Waals surface area (Å²) in [4.78, 5) is 9.87. The predicted molar refractivity (Wildman–Crippen MR) is 77.1 cm³/mol. The number of amides is 1. The first kappa shape index (κ1) is 17.2. The molecule has 0 fully saturated rings. The third kappa shape index (κ3) is 4.05. The Labute approximate surface area is 128 Å². The number of carbonyl (C=O) groups is 1. The zero-order chi connectivity index (χ0) is 15.5. The monoisotopic (exact) mass is 387 g/mol. The number of hydrogen-bond donors (Lipinski definition) is 3. The molecule has 1 aromatic carbocycles. The van der Waals surface area contributed by atoms with Crippen LogP contribution in [0.2, 0.25) is 5.02 Å². The van der Waals surface area contributed by atoms with E-state index in [0.717, 1.165) is 6.07 Å². The lowest BCUT2D eigenvalue weighted by Gasteiger charge is -2.11. The summed E-state index contributed by atoms with van der Waals surface area (Å²) in [6.45, 7) is -0.0572. The third-order valence-electron chi connectivity index (χ3n) is 2.34. The summed E-state index contributed by atoms with van der Waals surface area (Å²) in [5.74, 6) is -1.64. The van der Waals surface area contributed by atoms with Crippen molar-refractivity contribution in [3.8, 4) is 0 Å². The van der Waals surface area contributed by atoms with Gasteiger partial charge in [-0.25, -0.2) is 17.5 Å². The van der Waals surface area contributed by atoms with Gasteiger partial charge in [0.15, 0.2) is 5.82 Å². The quantitative estimate of drug-likeness (QED) is 0.388. The van der Waals surface area contributed by atoms with E-state index >= 15 is 0 Å². The Kier molecular flexibility index (Phi) is 5.75. The smallest absolute Gasteiger partial charge is 0.243 e. The fourth-order valence-corrected chi connectivity index (χ4v) is 3.09. The number of hydrogen-bond acceptors (Lipinski definition) is 4. The molecule has 0 atom stereocenters. The lowest BCUT2D eigenvalue weighted by molar-refractivity contribution is -0.118. The number of primary amides is 1. The third-order valence-corrected chi connectivity index (χ3v) is 5.18. The lowest BCUT2D eigenvalue weighted by Crippen LogP contribution is -2.27. The first-order valence-electron chi connectivity index (χ1n) is 5.37. The van der Waals surface area contributed by atoms with Crippen molar-refractivity contribution in [1.29, 1.82) is 0 Å². The first-order chi connectivity index (χ1) is 9.16. The van der Waals surface area contributed by atoms with Crippen LogP contribution in [0.4, 0.5) is 10.1 Å². The van der Waals surface area contributed by atoms with E-state index in [0.29, 0.717) is 0 Å². The molecule has 0 heterocycles. The Balaban J connectivity index is 2.96. The SMILES string of the molecule is NC(=O)CCCNS(=O)(=O)c1cc(Cl)c(Br)c(N)c1F. The Hall–Kier alpha value is -0.900. The molecule has 1 aromatic rings. The van der Waals surface area contributed by atoms with Gasteiger partial charge < -0.3 is 11.5 Å². The van der Waals surface area contributed by atoms with Crippen LogP contribution in [-0.2, 0) is 14.8 Å². The van der Waals surface area contributed by atoms with Crippen LogP contribution in [0.1, 0.15) is 12.8 Å². The number of halogens is 3. The highest BCUT2D eigenvalue weighted by atomic mass is 79.9. The zero-order valence-corrected chi connectivity index (χ0v) is 13.3. The van der Waals surface area contributed by atoms with E-state index in [9.17, 15) is 17.6 Å². The van der Waals surface area contributed by atoms with Crippen molar-refractivity contribution in [1.82, 2.24) is 4.72 Å². The van der Waals surface area contributed by atoms with Crippen molar-refractivity contribution in [3.05, 3.63) is 21.4 Å². The normalized spacial score (nSPS) is 11.6. The first-order valence-corrected chi connectivity index (χ1v) is 8.03. The van der Waals surface area contributed by atoms with Gasteiger partial charge >= 0.3 is 0 Å². The Morgan fingerprint density at radius 1 is 1.50 bits per heavy atom. The fourth-order valence-electron chi connectivity index (χ4n) is 1.34. The average Bonchev–Trinajstić information content (AvgIpc) is 2.36. The molecule has 0 aliphatic carbocycles. The van der Waals surface area contributed by atoms with E-state index in [1.807, 2.05) is 0 Å². The largest absolute Gasteiger partial charge is 0.395 e.